The normalized spacial score (nSPS) is 23.0. The molecule has 2 amide bonds. The minimum Gasteiger partial charge on any atom is -0.508 e. The van der Waals surface area contributed by atoms with Crippen LogP contribution in [-0.2, 0) is 14.4 Å². The third kappa shape index (κ3) is 2.95. The van der Waals surface area contributed by atoms with Crippen LogP contribution in [0.1, 0.15) is 11.6 Å². The number of rotatable bonds is 5. The number of phenolic OH excluding ortho intramolecular Hbond substituents is 1. The molecule has 0 aliphatic carbocycles. The molecule has 2 aliphatic rings. The number of aliphatic carboxylic acids is 1. The van der Waals surface area contributed by atoms with Gasteiger partial charge in [-0.3, -0.25) is 14.5 Å². The van der Waals surface area contributed by atoms with Crippen molar-refractivity contribution in [3.8, 4) is 5.75 Å². The van der Waals surface area contributed by atoms with E-state index in [1.54, 1.807) is 0 Å². The summed E-state index contributed by atoms with van der Waals surface area (Å²) in [5.74, 6) is -1.81. The Kier molecular flexibility index (Phi) is 4.75. The van der Waals surface area contributed by atoms with E-state index in [9.17, 15) is 24.6 Å². The number of amides is 2. The highest BCUT2D eigenvalue weighted by Crippen LogP contribution is 2.40. The molecule has 1 aromatic carbocycles. The SMILES string of the molecule is C=CC1=C(C(=O)O)N2C(=O)[C@@H](NC(=O)[C@H](N)c3ccc(O)cc3)[C@H]2SC1. The van der Waals surface area contributed by atoms with Crippen molar-refractivity contribution < 1.29 is 24.6 Å². The van der Waals surface area contributed by atoms with Gasteiger partial charge in [-0.05, 0) is 23.3 Å². The summed E-state index contributed by atoms with van der Waals surface area (Å²) in [6, 6.07) is 4.02. The van der Waals surface area contributed by atoms with Crippen LogP contribution in [0.4, 0.5) is 0 Å². The summed E-state index contributed by atoms with van der Waals surface area (Å²) in [5.41, 5.74) is 6.77. The predicted octanol–water partition coefficient (Wildman–Crippen LogP) is 0.317. The van der Waals surface area contributed by atoms with Gasteiger partial charge >= 0.3 is 5.97 Å². The topological polar surface area (TPSA) is 133 Å². The van der Waals surface area contributed by atoms with Crippen LogP contribution in [0.5, 0.6) is 5.75 Å². The maximum Gasteiger partial charge on any atom is 0.352 e. The smallest absolute Gasteiger partial charge is 0.352 e. The van der Waals surface area contributed by atoms with E-state index >= 15 is 0 Å². The molecular formula is C17H17N3O5S. The van der Waals surface area contributed by atoms with Gasteiger partial charge in [-0.25, -0.2) is 4.79 Å². The average molecular weight is 375 g/mol. The van der Waals surface area contributed by atoms with Gasteiger partial charge in [-0.1, -0.05) is 24.8 Å². The van der Waals surface area contributed by atoms with Crippen molar-refractivity contribution in [3.63, 3.8) is 0 Å². The number of aromatic hydroxyl groups is 1. The quantitative estimate of drug-likeness (QED) is 0.545. The fourth-order valence-electron chi connectivity index (χ4n) is 2.88. The van der Waals surface area contributed by atoms with E-state index in [0.717, 1.165) is 0 Å². The van der Waals surface area contributed by atoms with Crippen molar-refractivity contribution in [3.05, 3.63) is 53.8 Å². The Labute approximate surface area is 153 Å². The summed E-state index contributed by atoms with van der Waals surface area (Å²) in [7, 11) is 0. The number of nitrogens with one attached hydrogen (secondary N) is 1. The molecule has 1 fully saturated rings. The van der Waals surface area contributed by atoms with Crippen LogP contribution in [0.15, 0.2) is 48.2 Å². The molecule has 5 N–H and O–H groups in total. The van der Waals surface area contributed by atoms with Gasteiger partial charge in [0.05, 0.1) is 0 Å². The number of thioether (sulfide) groups is 1. The molecule has 3 rings (SSSR count). The lowest BCUT2D eigenvalue weighted by atomic mass is 10.0. The van der Waals surface area contributed by atoms with Crippen molar-refractivity contribution >= 4 is 29.5 Å². The van der Waals surface area contributed by atoms with Gasteiger partial charge in [0.15, 0.2) is 0 Å². The number of carbonyl (C=O) groups is 3. The van der Waals surface area contributed by atoms with Crippen molar-refractivity contribution in [2.75, 3.05) is 5.75 Å². The number of nitrogens with two attached hydrogens (primary N) is 1. The van der Waals surface area contributed by atoms with Crippen molar-refractivity contribution in [2.45, 2.75) is 17.5 Å². The van der Waals surface area contributed by atoms with E-state index < -0.39 is 35.2 Å². The summed E-state index contributed by atoms with van der Waals surface area (Å²) in [6.07, 6.45) is 1.42. The lowest BCUT2D eigenvalue weighted by Crippen LogP contribution is -2.71. The lowest BCUT2D eigenvalue weighted by Gasteiger charge is -2.49. The number of fused-ring (bicyclic) bond motifs is 1. The zero-order chi connectivity index (χ0) is 19.0. The van der Waals surface area contributed by atoms with Crippen LogP contribution in [0.3, 0.4) is 0 Å². The number of hydrogen-bond donors (Lipinski definition) is 4. The summed E-state index contributed by atoms with van der Waals surface area (Å²) in [4.78, 5) is 37.4. The van der Waals surface area contributed by atoms with Crippen molar-refractivity contribution in [1.29, 1.82) is 0 Å². The number of hydrogen-bond acceptors (Lipinski definition) is 6. The Morgan fingerprint density at radius 1 is 1.38 bits per heavy atom. The molecule has 9 heteroatoms. The third-order valence-electron chi connectivity index (χ3n) is 4.28. The standard InChI is InChI=1S/C17H17N3O5S/c1-2-8-7-26-16-12(15(23)20(16)13(8)17(24)25)19-14(22)11(18)9-3-5-10(21)6-4-9/h2-6,11-12,16,21H,1,7,18H2,(H,19,22)(H,24,25)/t11-,12-,16-/m1/s1. The molecule has 0 radical (unpaired) electrons. The largest absolute Gasteiger partial charge is 0.508 e. The van der Waals surface area contributed by atoms with Gasteiger partial charge in [0, 0.05) is 5.75 Å². The lowest BCUT2D eigenvalue weighted by molar-refractivity contribution is -0.150. The predicted molar refractivity (Wildman–Crippen MR) is 94.9 cm³/mol. The van der Waals surface area contributed by atoms with Crippen LogP contribution >= 0.6 is 11.8 Å². The molecule has 0 saturated carbocycles. The van der Waals surface area contributed by atoms with E-state index in [1.165, 1.54) is 47.0 Å². The van der Waals surface area contributed by atoms with Crippen LogP contribution in [-0.4, -0.2) is 50.1 Å². The minimum atomic E-state index is -1.20. The number of carboxylic acids is 1. The Bertz CT molecular complexity index is 820. The van der Waals surface area contributed by atoms with Gasteiger partial charge < -0.3 is 21.3 Å². The monoisotopic (exact) mass is 375 g/mol. The van der Waals surface area contributed by atoms with E-state index in [0.29, 0.717) is 16.9 Å². The summed E-state index contributed by atoms with van der Waals surface area (Å²) in [5, 5.41) is 20.8. The molecule has 0 bridgehead atoms. The van der Waals surface area contributed by atoms with Crippen molar-refractivity contribution in [1.82, 2.24) is 10.2 Å². The van der Waals surface area contributed by atoms with E-state index in [-0.39, 0.29) is 11.4 Å². The second-order valence-corrected chi connectivity index (χ2v) is 6.95. The van der Waals surface area contributed by atoms with Crippen LogP contribution in [0, 0.1) is 0 Å². The zero-order valence-electron chi connectivity index (χ0n) is 13.6. The summed E-state index contributed by atoms with van der Waals surface area (Å²) < 4.78 is 0. The first-order valence-corrected chi connectivity index (χ1v) is 8.78. The molecule has 26 heavy (non-hydrogen) atoms. The molecule has 136 valence electrons. The van der Waals surface area contributed by atoms with Crippen LogP contribution < -0.4 is 11.1 Å². The van der Waals surface area contributed by atoms with E-state index in [1.807, 2.05) is 0 Å². The Morgan fingerprint density at radius 3 is 2.62 bits per heavy atom. The first-order valence-electron chi connectivity index (χ1n) is 7.73. The number of phenols is 1. The Morgan fingerprint density at radius 2 is 2.04 bits per heavy atom. The average Bonchev–Trinajstić information content (AvgIpc) is 2.64. The minimum absolute atomic E-state index is 0.0517. The van der Waals surface area contributed by atoms with Gasteiger partial charge in [-0.15, -0.1) is 11.8 Å². The molecule has 2 heterocycles. The summed E-state index contributed by atoms with van der Waals surface area (Å²) >= 11 is 1.35. The molecule has 0 unspecified atom stereocenters. The number of carbonyl (C=O) groups excluding carboxylic acids is 2. The highest BCUT2D eigenvalue weighted by Gasteiger charge is 2.54. The van der Waals surface area contributed by atoms with Crippen LogP contribution in [0.25, 0.3) is 0 Å². The molecule has 0 aromatic heterocycles. The zero-order valence-corrected chi connectivity index (χ0v) is 14.4. The van der Waals surface area contributed by atoms with Crippen molar-refractivity contribution in [2.24, 2.45) is 5.73 Å². The molecule has 0 spiro atoms. The fourth-order valence-corrected chi connectivity index (χ4v) is 4.22. The second-order valence-electron chi connectivity index (χ2n) is 5.85. The summed E-state index contributed by atoms with van der Waals surface area (Å²) in [6.45, 7) is 3.58. The molecular weight excluding hydrogens is 358 g/mol. The van der Waals surface area contributed by atoms with Gasteiger partial charge in [-0.2, -0.15) is 0 Å². The third-order valence-corrected chi connectivity index (χ3v) is 5.58. The number of nitrogens with zero attached hydrogens (tertiary/aromatic N) is 1. The molecule has 2 aliphatic heterocycles. The molecule has 8 nitrogen and oxygen atoms in total. The number of β-lactam (4-membered cyclic amide) rings is 1. The number of carboxylic acid groups (broad SMARTS) is 1. The Balaban J connectivity index is 1.73. The highest BCUT2D eigenvalue weighted by atomic mass is 32.2. The Hall–Kier alpha value is -2.78. The second kappa shape index (κ2) is 6.85. The maximum absolute atomic E-state index is 12.4. The molecule has 1 saturated heterocycles. The number of benzene rings is 1. The first kappa shape index (κ1) is 18.0. The van der Waals surface area contributed by atoms with Gasteiger partial charge in [0.1, 0.15) is 28.9 Å². The maximum atomic E-state index is 12.4. The fraction of sp³-hybridized carbons (Fsp3) is 0.235. The van der Waals surface area contributed by atoms with Gasteiger partial charge in [0.2, 0.25) is 5.91 Å². The van der Waals surface area contributed by atoms with Gasteiger partial charge in [0.25, 0.3) is 5.91 Å². The van der Waals surface area contributed by atoms with E-state index in [4.69, 9.17) is 5.73 Å². The number of allylic oxidation sites excluding steroid dienone is 1. The van der Waals surface area contributed by atoms with E-state index in [2.05, 4.69) is 11.9 Å². The molecule has 1 aromatic rings. The van der Waals surface area contributed by atoms with Crippen LogP contribution in [0.2, 0.25) is 0 Å². The molecule has 3 atom stereocenters. The first-order chi connectivity index (χ1) is 12.3. The highest BCUT2D eigenvalue weighted by molar-refractivity contribution is 8.00.